The van der Waals surface area contributed by atoms with Crippen LogP contribution in [0, 0.1) is 0 Å². The topological polar surface area (TPSA) is 64.2 Å². The van der Waals surface area contributed by atoms with Crippen LogP contribution in [0.2, 0.25) is 0 Å². The third-order valence-corrected chi connectivity index (χ3v) is 4.57. The Labute approximate surface area is 141 Å². The van der Waals surface area contributed by atoms with Crippen LogP contribution in [0.1, 0.15) is 34.5 Å². The molecular formula is C16H16BrN5O. The molecule has 1 N–H and O–H groups in total. The molecule has 0 spiro atoms. The van der Waals surface area contributed by atoms with Gasteiger partial charge >= 0.3 is 0 Å². The Balaban J connectivity index is 1.59. The molecule has 7 heteroatoms. The van der Waals surface area contributed by atoms with Gasteiger partial charge in [0.05, 0.1) is 11.3 Å². The molecule has 0 radical (unpaired) electrons. The molecule has 118 valence electrons. The molecule has 0 aliphatic heterocycles. The largest absolute Gasteiger partial charge is 0.349 e. The highest BCUT2D eigenvalue weighted by Crippen LogP contribution is 2.20. The van der Waals surface area contributed by atoms with Gasteiger partial charge in [0.2, 0.25) is 0 Å². The van der Waals surface area contributed by atoms with Gasteiger partial charge in [0.1, 0.15) is 10.3 Å². The molecular weight excluding hydrogens is 358 g/mol. The van der Waals surface area contributed by atoms with Crippen LogP contribution in [0.4, 0.5) is 0 Å². The highest BCUT2D eigenvalue weighted by atomic mass is 79.9. The number of nitrogens with one attached hydrogen (secondary N) is 1. The Bertz CT molecular complexity index is 893. The van der Waals surface area contributed by atoms with E-state index in [-0.39, 0.29) is 5.91 Å². The summed E-state index contributed by atoms with van der Waals surface area (Å²) in [6, 6.07) is 4.06. The molecule has 0 unspecified atom stereocenters. The normalized spacial score (nSPS) is 14.3. The molecule has 0 bridgehead atoms. The van der Waals surface area contributed by atoms with E-state index in [9.17, 15) is 4.79 Å². The van der Waals surface area contributed by atoms with Crippen LogP contribution in [0.15, 0.2) is 35.3 Å². The maximum absolute atomic E-state index is 12.1. The second-order valence-electron chi connectivity index (χ2n) is 5.96. The van der Waals surface area contributed by atoms with Gasteiger partial charge in [-0.2, -0.15) is 5.10 Å². The molecule has 23 heavy (non-hydrogen) atoms. The van der Waals surface area contributed by atoms with Gasteiger partial charge in [-0.15, -0.1) is 0 Å². The number of fused-ring (bicyclic) bond motifs is 1. The lowest BCUT2D eigenvalue weighted by Crippen LogP contribution is -2.25. The van der Waals surface area contributed by atoms with Crippen molar-refractivity contribution in [1.29, 1.82) is 0 Å². The van der Waals surface area contributed by atoms with E-state index in [4.69, 9.17) is 0 Å². The average Bonchev–Trinajstić information content (AvgIpc) is 3.14. The molecule has 1 aliphatic carbocycles. The fourth-order valence-electron chi connectivity index (χ4n) is 2.58. The third kappa shape index (κ3) is 3.01. The van der Waals surface area contributed by atoms with E-state index >= 15 is 0 Å². The zero-order valence-corrected chi connectivity index (χ0v) is 14.2. The van der Waals surface area contributed by atoms with Crippen LogP contribution in [-0.2, 0) is 13.5 Å². The number of pyridine rings is 1. The summed E-state index contributed by atoms with van der Waals surface area (Å²) in [7, 11) is 1.89. The number of hydrogen-bond acceptors (Lipinski definition) is 3. The van der Waals surface area contributed by atoms with E-state index in [1.165, 1.54) is 0 Å². The number of aryl methyl sites for hydroxylation is 1. The summed E-state index contributed by atoms with van der Waals surface area (Å²) in [5.74, 6) is -0.0142. The maximum atomic E-state index is 12.1. The molecule has 3 heterocycles. The van der Waals surface area contributed by atoms with E-state index in [1.807, 2.05) is 42.2 Å². The average molecular weight is 374 g/mol. The fourth-order valence-corrected chi connectivity index (χ4v) is 3.08. The fraction of sp³-hybridized carbons (Fsp3) is 0.312. The molecule has 6 nitrogen and oxygen atoms in total. The molecule has 4 rings (SSSR count). The van der Waals surface area contributed by atoms with Gasteiger partial charge in [-0.1, -0.05) is 0 Å². The minimum Gasteiger partial charge on any atom is -0.349 e. The Morgan fingerprint density at radius 1 is 1.35 bits per heavy atom. The smallest absolute Gasteiger partial charge is 0.252 e. The van der Waals surface area contributed by atoms with Crippen molar-refractivity contribution in [3.63, 3.8) is 0 Å². The van der Waals surface area contributed by atoms with Crippen LogP contribution < -0.4 is 5.32 Å². The second kappa shape index (κ2) is 5.49. The van der Waals surface area contributed by atoms with Gasteiger partial charge < -0.3 is 9.72 Å². The first kappa shape index (κ1) is 14.4. The number of carbonyl (C=O) groups is 1. The number of halogens is 1. The molecule has 1 fully saturated rings. The van der Waals surface area contributed by atoms with Crippen molar-refractivity contribution < 1.29 is 4.79 Å². The predicted octanol–water partition coefficient (Wildman–Crippen LogP) is 2.31. The van der Waals surface area contributed by atoms with E-state index < -0.39 is 0 Å². The highest BCUT2D eigenvalue weighted by Gasteiger charge is 2.23. The Hall–Kier alpha value is -2.15. The summed E-state index contributed by atoms with van der Waals surface area (Å²) < 4.78 is 4.51. The standard InChI is InChI=1S/C16H16BrN5O/c1-21-7-11(15(17)20-21)6-13-9-22-8-10(2-5-14(22)18-13)16(23)19-12-3-4-12/h2,5,7-9,12H,3-4,6H2,1H3,(H,19,23). The van der Waals surface area contributed by atoms with Crippen LogP contribution in [0.5, 0.6) is 0 Å². The van der Waals surface area contributed by atoms with E-state index in [0.29, 0.717) is 18.0 Å². The predicted molar refractivity (Wildman–Crippen MR) is 89.4 cm³/mol. The number of nitrogens with zero attached hydrogens (tertiary/aromatic N) is 4. The minimum atomic E-state index is -0.0142. The molecule has 0 aromatic carbocycles. The van der Waals surface area contributed by atoms with E-state index in [1.54, 1.807) is 4.68 Å². The lowest BCUT2D eigenvalue weighted by Gasteiger charge is -2.03. The molecule has 3 aromatic rings. The van der Waals surface area contributed by atoms with Crippen LogP contribution in [0.25, 0.3) is 5.65 Å². The van der Waals surface area contributed by atoms with Gasteiger partial charge in [-0.25, -0.2) is 4.98 Å². The molecule has 0 saturated heterocycles. The summed E-state index contributed by atoms with van der Waals surface area (Å²) in [6.45, 7) is 0. The van der Waals surface area contributed by atoms with Crippen molar-refractivity contribution in [2.24, 2.45) is 7.05 Å². The van der Waals surface area contributed by atoms with Crippen LogP contribution >= 0.6 is 15.9 Å². The van der Waals surface area contributed by atoms with Gasteiger partial charge in [-0.3, -0.25) is 9.48 Å². The molecule has 1 saturated carbocycles. The summed E-state index contributed by atoms with van der Waals surface area (Å²) >= 11 is 3.46. The summed E-state index contributed by atoms with van der Waals surface area (Å²) in [5.41, 5.74) is 3.53. The first-order valence-corrected chi connectivity index (χ1v) is 8.34. The van der Waals surface area contributed by atoms with Crippen LogP contribution in [-0.4, -0.2) is 31.1 Å². The monoisotopic (exact) mass is 373 g/mol. The molecule has 3 aromatic heterocycles. The number of imidazole rings is 1. The molecule has 1 amide bonds. The summed E-state index contributed by atoms with van der Waals surface area (Å²) in [6.07, 6.45) is 8.64. The van der Waals surface area contributed by atoms with Crippen molar-refractivity contribution in [2.75, 3.05) is 0 Å². The third-order valence-electron chi connectivity index (χ3n) is 3.90. The number of hydrogen-bond donors (Lipinski definition) is 1. The number of rotatable bonds is 4. The van der Waals surface area contributed by atoms with Gasteiger partial charge in [0.25, 0.3) is 5.91 Å². The SMILES string of the molecule is Cn1cc(Cc2cn3cc(C(=O)NC4CC4)ccc3n2)c(Br)n1. The summed E-state index contributed by atoms with van der Waals surface area (Å²) in [5, 5.41) is 7.28. The van der Waals surface area contributed by atoms with Gasteiger partial charge in [-0.05, 0) is 40.9 Å². The Morgan fingerprint density at radius 3 is 2.87 bits per heavy atom. The first-order chi connectivity index (χ1) is 11.1. The quantitative estimate of drug-likeness (QED) is 0.762. The lowest BCUT2D eigenvalue weighted by atomic mass is 10.2. The van der Waals surface area contributed by atoms with Crippen molar-refractivity contribution >= 4 is 27.5 Å². The number of aromatic nitrogens is 4. The minimum absolute atomic E-state index is 0.0142. The lowest BCUT2D eigenvalue weighted by molar-refractivity contribution is 0.0950. The zero-order chi connectivity index (χ0) is 16.0. The molecule has 0 atom stereocenters. The van der Waals surface area contributed by atoms with Gasteiger partial charge in [0.15, 0.2) is 0 Å². The Kier molecular flexibility index (Phi) is 3.45. The second-order valence-corrected chi connectivity index (χ2v) is 6.71. The zero-order valence-electron chi connectivity index (χ0n) is 12.7. The van der Waals surface area contributed by atoms with Crippen molar-refractivity contribution in [3.8, 4) is 0 Å². The van der Waals surface area contributed by atoms with Crippen molar-refractivity contribution in [1.82, 2.24) is 24.5 Å². The summed E-state index contributed by atoms with van der Waals surface area (Å²) in [4.78, 5) is 16.7. The van der Waals surface area contributed by atoms with Gasteiger partial charge in [0, 0.05) is 43.7 Å². The van der Waals surface area contributed by atoms with Crippen molar-refractivity contribution in [2.45, 2.75) is 25.3 Å². The Morgan fingerprint density at radius 2 is 2.17 bits per heavy atom. The van der Waals surface area contributed by atoms with E-state index in [2.05, 4.69) is 31.3 Å². The molecule has 1 aliphatic rings. The first-order valence-electron chi connectivity index (χ1n) is 7.55. The van der Waals surface area contributed by atoms with Crippen LogP contribution in [0.3, 0.4) is 0 Å². The maximum Gasteiger partial charge on any atom is 0.252 e. The van der Waals surface area contributed by atoms with Crippen molar-refractivity contribution in [3.05, 3.63) is 52.1 Å². The number of amides is 1. The van der Waals surface area contributed by atoms with E-state index in [0.717, 1.165) is 34.3 Å². The number of carbonyl (C=O) groups excluding carboxylic acids is 1. The highest BCUT2D eigenvalue weighted by molar-refractivity contribution is 9.10.